The van der Waals surface area contributed by atoms with E-state index in [1.165, 1.54) is 12.1 Å². The molecule has 0 aliphatic rings. The van der Waals surface area contributed by atoms with Crippen molar-refractivity contribution in [2.75, 3.05) is 0 Å². The molecule has 0 aliphatic carbocycles. The topological polar surface area (TPSA) is 98.5 Å². The average molecular weight is 241 g/mol. The Balaban J connectivity index is 3.01. The molecule has 0 heterocycles. The summed E-state index contributed by atoms with van der Waals surface area (Å²) >= 11 is 0. The number of nitrogens with zero attached hydrogens (tertiary/aromatic N) is 1. The van der Waals surface area contributed by atoms with Crippen LogP contribution in [0.1, 0.15) is 13.8 Å². The minimum atomic E-state index is -3.64. The second-order valence-electron chi connectivity index (χ2n) is 3.73. The predicted octanol–water partition coefficient (Wildman–Crippen LogP) is 0.979. The summed E-state index contributed by atoms with van der Waals surface area (Å²) < 4.78 is 22.0. The number of sulfonamides is 1. The zero-order valence-electron chi connectivity index (χ0n) is 9.21. The van der Waals surface area contributed by atoms with Gasteiger partial charge in [0.05, 0.1) is 10.6 Å². The summed E-state index contributed by atoms with van der Waals surface area (Å²) in [6, 6.07) is 5.94. The van der Waals surface area contributed by atoms with Crippen LogP contribution in [0.3, 0.4) is 0 Å². The molecule has 88 valence electrons. The van der Waals surface area contributed by atoms with Crippen LogP contribution < -0.4 is 10.9 Å². The lowest BCUT2D eigenvalue weighted by atomic mass is 10.2. The summed E-state index contributed by atoms with van der Waals surface area (Å²) in [7, 11) is -3.64. The van der Waals surface area contributed by atoms with Gasteiger partial charge in [-0.25, -0.2) is 18.5 Å². The third-order valence-corrected chi connectivity index (χ3v) is 2.94. The lowest BCUT2D eigenvalue weighted by molar-refractivity contribution is 0.598. The molecule has 4 N–H and O–H groups in total. The summed E-state index contributed by atoms with van der Waals surface area (Å²) in [5, 5.41) is 4.97. The first-order chi connectivity index (χ1) is 7.30. The zero-order chi connectivity index (χ0) is 12.3. The Kier molecular flexibility index (Phi) is 3.66. The number of rotatable bonds is 3. The van der Waals surface area contributed by atoms with Crippen molar-refractivity contribution in [3.8, 4) is 0 Å². The van der Waals surface area contributed by atoms with E-state index in [1.807, 2.05) is 13.8 Å². The van der Waals surface area contributed by atoms with E-state index in [9.17, 15) is 8.42 Å². The van der Waals surface area contributed by atoms with Crippen molar-refractivity contribution in [2.45, 2.75) is 18.7 Å². The van der Waals surface area contributed by atoms with Gasteiger partial charge in [0, 0.05) is 5.92 Å². The van der Waals surface area contributed by atoms with Gasteiger partial charge in [0.2, 0.25) is 10.0 Å². The fourth-order valence-corrected chi connectivity index (χ4v) is 1.50. The third-order valence-electron chi connectivity index (χ3n) is 2.01. The van der Waals surface area contributed by atoms with E-state index in [2.05, 4.69) is 4.99 Å². The van der Waals surface area contributed by atoms with Gasteiger partial charge in [0.1, 0.15) is 5.84 Å². The molecule has 6 heteroatoms. The summed E-state index contributed by atoms with van der Waals surface area (Å²) in [6.45, 7) is 3.86. The van der Waals surface area contributed by atoms with E-state index in [4.69, 9.17) is 10.9 Å². The molecule has 0 fully saturated rings. The minimum Gasteiger partial charge on any atom is -0.387 e. The number of benzene rings is 1. The highest BCUT2D eigenvalue weighted by Crippen LogP contribution is 2.16. The van der Waals surface area contributed by atoms with Gasteiger partial charge in [-0.1, -0.05) is 13.8 Å². The van der Waals surface area contributed by atoms with Gasteiger partial charge < -0.3 is 5.73 Å². The van der Waals surface area contributed by atoms with Gasteiger partial charge >= 0.3 is 0 Å². The SMILES string of the molecule is CC(C)C(N)=Nc1ccc(S(N)(=O)=O)cc1. The fourth-order valence-electron chi connectivity index (χ4n) is 0.989. The highest BCUT2D eigenvalue weighted by molar-refractivity contribution is 7.89. The van der Waals surface area contributed by atoms with E-state index >= 15 is 0 Å². The Morgan fingerprint density at radius 2 is 1.75 bits per heavy atom. The molecule has 16 heavy (non-hydrogen) atoms. The number of hydrogen-bond acceptors (Lipinski definition) is 3. The average Bonchev–Trinajstić information content (AvgIpc) is 2.17. The molecule has 1 aromatic carbocycles. The van der Waals surface area contributed by atoms with Crippen molar-refractivity contribution < 1.29 is 8.42 Å². The van der Waals surface area contributed by atoms with Crippen LogP contribution in [0.4, 0.5) is 5.69 Å². The lowest BCUT2D eigenvalue weighted by Gasteiger charge is -2.04. The normalized spacial score (nSPS) is 13.1. The molecule has 0 radical (unpaired) electrons. The molecule has 0 amide bonds. The van der Waals surface area contributed by atoms with Crippen LogP contribution in [0.25, 0.3) is 0 Å². The van der Waals surface area contributed by atoms with Gasteiger partial charge in [-0.05, 0) is 24.3 Å². The molecule has 0 aromatic heterocycles. The standard InChI is InChI=1S/C10H15N3O2S/c1-7(2)10(11)13-8-3-5-9(6-4-8)16(12,14)15/h3-7H,1-2H3,(H2,11,13)(H2,12,14,15). The van der Waals surface area contributed by atoms with Crippen LogP contribution in [0.15, 0.2) is 34.2 Å². The molecule has 0 unspecified atom stereocenters. The van der Waals surface area contributed by atoms with E-state index in [0.717, 1.165) is 0 Å². The molecule has 1 rings (SSSR count). The van der Waals surface area contributed by atoms with Gasteiger partial charge in [0.25, 0.3) is 0 Å². The van der Waals surface area contributed by atoms with Crippen molar-refractivity contribution in [2.24, 2.45) is 21.8 Å². The highest BCUT2D eigenvalue weighted by atomic mass is 32.2. The Labute approximate surface area is 95.2 Å². The number of hydrogen-bond donors (Lipinski definition) is 2. The second kappa shape index (κ2) is 4.63. The van der Waals surface area contributed by atoms with Gasteiger partial charge in [0.15, 0.2) is 0 Å². The molecule has 0 saturated heterocycles. The molecule has 0 spiro atoms. The number of primary sulfonamides is 1. The molecule has 0 atom stereocenters. The summed E-state index contributed by atoms with van der Waals surface area (Å²) in [5.41, 5.74) is 6.29. The van der Waals surface area contributed by atoms with Crippen LogP contribution in [0.5, 0.6) is 0 Å². The first-order valence-corrected chi connectivity index (χ1v) is 6.32. The van der Waals surface area contributed by atoms with E-state index in [1.54, 1.807) is 12.1 Å². The third kappa shape index (κ3) is 3.32. The molecule has 1 aromatic rings. The lowest BCUT2D eigenvalue weighted by Crippen LogP contribution is -2.18. The van der Waals surface area contributed by atoms with Crippen LogP contribution in [-0.4, -0.2) is 14.3 Å². The van der Waals surface area contributed by atoms with Crippen LogP contribution in [-0.2, 0) is 10.0 Å². The first kappa shape index (κ1) is 12.7. The maximum Gasteiger partial charge on any atom is 0.238 e. The van der Waals surface area contributed by atoms with Crippen molar-refractivity contribution in [1.82, 2.24) is 0 Å². The molecule has 5 nitrogen and oxygen atoms in total. The van der Waals surface area contributed by atoms with Crippen LogP contribution in [0, 0.1) is 5.92 Å². The molecular formula is C10H15N3O2S. The minimum absolute atomic E-state index is 0.0644. The Bertz CT molecular complexity index is 489. The van der Waals surface area contributed by atoms with Crippen LogP contribution in [0.2, 0.25) is 0 Å². The van der Waals surface area contributed by atoms with Gasteiger partial charge in [-0.2, -0.15) is 0 Å². The number of nitrogens with two attached hydrogens (primary N) is 2. The zero-order valence-corrected chi connectivity index (χ0v) is 10.0. The molecular weight excluding hydrogens is 226 g/mol. The van der Waals surface area contributed by atoms with Crippen molar-refractivity contribution >= 4 is 21.5 Å². The molecule has 0 bridgehead atoms. The Hall–Kier alpha value is -1.40. The maximum atomic E-state index is 11.0. The first-order valence-electron chi connectivity index (χ1n) is 4.77. The van der Waals surface area contributed by atoms with Crippen molar-refractivity contribution in [1.29, 1.82) is 0 Å². The number of amidine groups is 1. The van der Waals surface area contributed by atoms with Crippen LogP contribution >= 0.6 is 0 Å². The fraction of sp³-hybridized carbons (Fsp3) is 0.300. The van der Waals surface area contributed by atoms with Crippen molar-refractivity contribution in [3.05, 3.63) is 24.3 Å². The quantitative estimate of drug-likeness (QED) is 0.609. The van der Waals surface area contributed by atoms with E-state index in [0.29, 0.717) is 11.5 Å². The molecule has 0 aliphatic heterocycles. The smallest absolute Gasteiger partial charge is 0.238 e. The molecule has 0 saturated carbocycles. The Morgan fingerprint density at radius 3 is 2.12 bits per heavy atom. The Morgan fingerprint density at radius 1 is 1.25 bits per heavy atom. The number of aliphatic imine (C=N–C) groups is 1. The summed E-state index contributed by atoms with van der Waals surface area (Å²) in [4.78, 5) is 4.20. The maximum absolute atomic E-state index is 11.0. The monoisotopic (exact) mass is 241 g/mol. The van der Waals surface area contributed by atoms with Gasteiger partial charge in [-0.3, -0.25) is 0 Å². The highest BCUT2D eigenvalue weighted by Gasteiger charge is 2.06. The largest absolute Gasteiger partial charge is 0.387 e. The second-order valence-corrected chi connectivity index (χ2v) is 5.29. The van der Waals surface area contributed by atoms with E-state index in [-0.39, 0.29) is 10.8 Å². The predicted molar refractivity (Wildman–Crippen MR) is 63.9 cm³/mol. The van der Waals surface area contributed by atoms with Gasteiger partial charge in [-0.15, -0.1) is 0 Å². The van der Waals surface area contributed by atoms with Crippen molar-refractivity contribution in [3.63, 3.8) is 0 Å². The summed E-state index contributed by atoms with van der Waals surface area (Å²) in [6.07, 6.45) is 0. The van der Waals surface area contributed by atoms with E-state index < -0.39 is 10.0 Å². The summed E-state index contributed by atoms with van der Waals surface area (Å²) in [5.74, 6) is 0.654.